The van der Waals surface area contributed by atoms with Crippen molar-refractivity contribution >= 4 is 23.4 Å². The van der Waals surface area contributed by atoms with Crippen molar-refractivity contribution in [2.75, 3.05) is 19.9 Å². The standard InChI is InChI=1S/C18H22N2O6S/c1-10-6-13(11(2)26-10)18(3,22)9-19-17(21)12-7-16(27-5)15(25-4)8-14(12)20(23)24/h6-8,22H,9H2,1-5H3,(H,19,21)/t18-/m1/s1. The molecule has 0 radical (unpaired) electrons. The van der Waals surface area contributed by atoms with Gasteiger partial charge in [-0.1, -0.05) is 0 Å². The first-order chi connectivity index (χ1) is 12.6. The predicted molar refractivity (Wildman–Crippen MR) is 102 cm³/mol. The highest BCUT2D eigenvalue weighted by molar-refractivity contribution is 7.98. The van der Waals surface area contributed by atoms with Gasteiger partial charge in [0.1, 0.15) is 28.4 Å². The minimum Gasteiger partial charge on any atom is -0.495 e. The zero-order chi connectivity index (χ0) is 20.4. The van der Waals surface area contributed by atoms with Crippen molar-refractivity contribution in [1.82, 2.24) is 5.32 Å². The normalized spacial score (nSPS) is 13.1. The molecule has 27 heavy (non-hydrogen) atoms. The Morgan fingerprint density at radius 2 is 2.07 bits per heavy atom. The summed E-state index contributed by atoms with van der Waals surface area (Å²) in [7, 11) is 1.41. The molecular weight excluding hydrogens is 372 g/mol. The number of thioether (sulfide) groups is 1. The summed E-state index contributed by atoms with van der Waals surface area (Å²) in [5, 5.41) is 24.6. The number of nitro groups is 1. The van der Waals surface area contributed by atoms with Crippen LogP contribution in [-0.2, 0) is 5.60 Å². The maximum absolute atomic E-state index is 12.6. The Morgan fingerprint density at radius 3 is 2.56 bits per heavy atom. The van der Waals surface area contributed by atoms with E-state index in [0.717, 1.165) is 0 Å². The van der Waals surface area contributed by atoms with Gasteiger partial charge in [0.25, 0.3) is 11.6 Å². The molecule has 0 bridgehead atoms. The Labute approximate surface area is 161 Å². The number of aryl methyl sites for hydroxylation is 2. The summed E-state index contributed by atoms with van der Waals surface area (Å²) in [6.07, 6.45) is 1.78. The van der Waals surface area contributed by atoms with Crippen LogP contribution in [0.4, 0.5) is 5.69 Å². The molecule has 0 saturated carbocycles. The molecule has 0 fully saturated rings. The van der Waals surface area contributed by atoms with E-state index < -0.39 is 16.4 Å². The van der Waals surface area contributed by atoms with Crippen LogP contribution in [0.2, 0.25) is 0 Å². The van der Waals surface area contributed by atoms with E-state index in [4.69, 9.17) is 9.15 Å². The molecule has 2 aromatic rings. The van der Waals surface area contributed by atoms with Crippen molar-refractivity contribution < 1.29 is 24.0 Å². The number of carbonyl (C=O) groups excluding carboxylic acids is 1. The number of ether oxygens (including phenoxy) is 1. The van der Waals surface area contributed by atoms with E-state index in [0.29, 0.717) is 27.7 Å². The molecule has 1 aromatic carbocycles. The number of nitrogens with one attached hydrogen (secondary N) is 1. The summed E-state index contributed by atoms with van der Waals surface area (Å²) in [5.74, 6) is 0.858. The van der Waals surface area contributed by atoms with Gasteiger partial charge in [-0.15, -0.1) is 11.8 Å². The lowest BCUT2D eigenvalue weighted by atomic mass is 9.96. The van der Waals surface area contributed by atoms with Crippen LogP contribution < -0.4 is 10.1 Å². The van der Waals surface area contributed by atoms with Gasteiger partial charge >= 0.3 is 0 Å². The summed E-state index contributed by atoms with van der Waals surface area (Å²) in [5.41, 5.74) is -1.30. The molecule has 1 aromatic heterocycles. The summed E-state index contributed by atoms with van der Waals surface area (Å²) in [6, 6.07) is 4.34. The van der Waals surface area contributed by atoms with Crippen LogP contribution in [0.5, 0.6) is 5.75 Å². The Kier molecular flexibility index (Phi) is 6.17. The van der Waals surface area contributed by atoms with E-state index in [-0.39, 0.29) is 17.8 Å². The van der Waals surface area contributed by atoms with Crippen molar-refractivity contribution in [2.24, 2.45) is 0 Å². The number of furan rings is 1. The molecule has 1 amide bonds. The van der Waals surface area contributed by atoms with E-state index in [2.05, 4.69) is 5.32 Å². The monoisotopic (exact) mass is 394 g/mol. The lowest BCUT2D eigenvalue weighted by Crippen LogP contribution is -2.39. The number of rotatable bonds is 7. The third-order valence-electron chi connectivity index (χ3n) is 4.16. The molecule has 8 nitrogen and oxygen atoms in total. The zero-order valence-corrected chi connectivity index (χ0v) is 16.6. The molecule has 146 valence electrons. The van der Waals surface area contributed by atoms with Crippen molar-refractivity contribution in [3.05, 3.63) is 51.0 Å². The van der Waals surface area contributed by atoms with E-state index in [1.807, 2.05) is 0 Å². The molecule has 0 spiro atoms. The third-order valence-corrected chi connectivity index (χ3v) is 4.92. The number of carbonyl (C=O) groups is 1. The second kappa shape index (κ2) is 8.01. The van der Waals surface area contributed by atoms with Gasteiger partial charge in [0, 0.05) is 5.56 Å². The van der Waals surface area contributed by atoms with Crippen molar-refractivity contribution in [1.29, 1.82) is 0 Å². The number of hydrogen-bond donors (Lipinski definition) is 2. The summed E-state index contributed by atoms with van der Waals surface area (Å²) in [4.78, 5) is 23.9. The van der Waals surface area contributed by atoms with Gasteiger partial charge in [-0.25, -0.2) is 0 Å². The number of nitro benzene ring substituents is 1. The molecule has 0 saturated heterocycles. The minimum absolute atomic E-state index is 0.0963. The second-order valence-electron chi connectivity index (χ2n) is 6.26. The number of aliphatic hydroxyl groups is 1. The van der Waals surface area contributed by atoms with Crippen LogP contribution in [0.3, 0.4) is 0 Å². The quantitative estimate of drug-likeness (QED) is 0.421. The van der Waals surface area contributed by atoms with Crippen LogP contribution in [-0.4, -0.2) is 35.8 Å². The fourth-order valence-corrected chi connectivity index (χ4v) is 3.39. The molecule has 2 N–H and O–H groups in total. The Bertz CT molecular complexity index is 875. The number of benzene rings is 1. The van der Waals surface area contributed by atoms with Crippen LogP contribution >= 0.6 is 11.8 Å². The fourth-order valence-electron chi connectivity index (χ4n) is 2.81. The van der Waals surface area contributed by atoms with Gasteiger partial charge in [0.15, 0.2) is 0 Å². The van der Waals surface area contributed by atoms with Crippen molar-refractivity contribution in [3.8, 4) is 5.75 Å². The maximum Gasteiger partial charge on any atom is 0.285 e. The molecule has 9 heteroatoms. The predicted octanol–water partition coefficient (Wildman–Crippen LogP) is 3.17. The average molecular weight is 394 g/mol. The second-order valence-corrected chi connectivity index (χ2v) is 7.11. The highest BCUT2D eigenvalue weighted by atomic mass is 32.2. The first-order valence-electron chi connectivity index (χ1n) is 8.09. The molecule has 0 aliphatic rings. The summed E-state index contributed by atoms with van der Waals surface area (Å²) < 4.78 is 10.6. The minimum atomic E-state index is -1.39. The molecule has 0 aliphatic heterocycles. The Balaban J connectivity index is 2.29. The van der Waals surface area contributed by atoms with Crippen LogP contribution in [0, 0.1) is 24.0 Å². The SMILES string of the molecule is COc1cc([N+](=O)[O-])c(C(=O)NC[C@@](C)(O)c2cc(C)oc2C)cc1SC. The van der Waals surface area contributed by atoms with Crippen LogP contribution in [0.1, 0.15) is 34.4 Å². The Hall–Kier alpha value is -2.52. The maximum atomic E-state index is 12.6. The van der Waals surface area contributed by atoms with E-state index >= 15 is 0 Å². The van der Waals surface area contributed by atoms with E-state index in [9.17, 15) is 20.0 Å². The topological polar surface area (TPSA) is 115 Å². The first kappa shape index (κ1) is 20.8. The average Bonchev–Trinajstić information content (AvgIpc) is 2.97. The smallest absolute Gasteiger partial charge is 0.285 e. The molecule has 2 rings (SSSR count). The fraction of sp³-hybridized carbons (Fsp3) is 0.389. The molecule has 1 atom stereocenters. The lowest BCUT2D eigenvalue weighted by molar-refractivity contribution is -0.385. The Morgan fingerprint density at radius 1 is 1.41 bits per heavy atom. The number of methoxy groups -OCH3 is 1. The van der Waals surface area contributed by atoms with Gasteiger partial charge in [0.2, 0.25) is 0 Å². The number of nitrogens with zero attached hydrogens (tertiary/aromatic N) is 1. The van der Waals surface area contributed by atoms with Crippen molar-refractivity contribution in [2.45, 2.75) is 31.3 Å². The highest BCUT2D eigenvalue weighted by Gasteiger charge is 2.30. The largest absolute Gasteiger partial charge is 0.495 e. The van der Waals surface area contributed by atoms with E-state index in [1.54, 1.807) is 33.1 Å². The van der Waals surface area contributed by atoms with Gasteiger partial charge < -0.3 is 19.6 Å². The number of amides is 1. The third kappa shape index (κ3) is 4.42. The molecule has 0 unspecified atom stereocenters. The summed E-state index contributed by atoms with van der Waals surface area (Å²) >= 11 is 1.31. The van der Waals surface area contributed by atoms with Crippen molar-refractivity contribution in [3.63, 3.8) is 0 Å². The summed E-state index contributed by atoms with van der Waals surface area (Å²) in [6.45, 7) is 4.89. The lowest BCUT2D eigenvalue weighted by Gasteiger charge is -2.23. The zero-order valence-electron chi connectivity index (χ0n) is 15.8. The van der Waals surface area contributed by atoms with Gasteiger partial charge in [0.05, 0.1) is 29.5 Å². The molecule has 0 aliphatic carbocycles. The van der Waals surface area contributed by atoms with Crippen LogP contribution in [0.25, 0.3) is 0 Å². The van der Waals surface area contributed by atoms with Gasteiger partial charge in [-0.05, 0) is 39.2 Å². The van der Waals surface area contributed by atoms with E-state index in [1.165, 1.54) is 31.0 Å². The first-order valence-corrected chi connectivity index (χ1v) is 9.31. The van der Waals surface area contributed by atoms with Gasteiger partial charge in [-0.3, -0.25) is 14.9 Å². The highest BCUT2D eigenvalue weighted by Crippen LogP contribution is 2.34. The molecule has 1 heterocycles. The van der Waals surface area contributed by atoms with Gasteiger partial charge in [-0.2, -0.15) is 0 Å². The number of hydrogen-bond acceptors (Lipinski definition) is 7. The van der Waals surface area contributed by atoms with Crippen LogP contribution in [0.15, 0.2) is 27.5 Å². The molecular formula is C18H22N2O6S.